The highest BCUT2D eigenvalue weighted by Gasteiger charge is 2.27. The van der Waals surface area contributed by atoms with Gasteiger partial charge in [-0.15, -0.1) is 5.73 Å². The van der Waals surface area contributed by atoms with Crippen molar-refractivity contribution in [2.75, 3.05) is 32.8 Å². The lowest BCUT2D eigenvalue weighted by Gasteiger charge is -2.38. The molecule has 0 spiro atoms. The van der Waals surface area contributed by atoms with Crippen molar-refractivity contribution in [2.24, 2.45) is 11.8 Å². The lowest BCUT2D eigenvalue weighted by Crippen LogP contribution is -2.47. The van der Waals surface area contributed by atoms with Crippen LogP contribution in [0.3, 0.4) is 0 Å². The maximum atomic E-state index is 13.3. The van der Waals surface area contributed by atoms with E-state index in [1.54, 1.807) is 0 Å². The molecule has 0 bridgehead atoms. The van der Waals surface area contributed by atoms with Crippen LogP contribution >= 0.6 is 0 Å². The van der Waals surface area contributed by atoms with Gasteiger partial charge in [0.05, 0.1) is 12.3 Å². The highest BCUT2D eigenvalue weighted by Crippen LogP contribution is 2.33. The van der Waals surface area contributed by atoms with Crippen molar-refractivity contribution in [3.05, 3.63) is 89.1 Å². The smallest absolute Gasteiger partial charge is 0.122 e. The van der Waals surface area contributed by atoms with Crippen LogP contribution in [0.5, 0.6) is 0 Å². The fraction of sp³-hybridized carbons (Fsp3) is 0.583. The Morgan fingerprint density at radius 2 is 1.95 bits per heavy atom. The number of benzene rings is 1. The normalized spacial score (nSPS) is 18.1. The highest BCUT2D eigenvalue weighted by molar-refractivity contribution is 5.30. The minimum Gasteiger partial charge on any atom is -0.369 e. The Bertz CT molecular complexity index is 1030. The van der Waals surface area contributed by atoms with E-state index in [0.717, 1.165) is 49.9 Å². The van der Waals surface area contributed by atoms with Gasteiger partial charge in [0, 0.05) is 32.7 Å². The Kier molecular flexibility index (Phi) is 15.3. The molecule has 1 heterocycles. The summed E-state index contributed by atoms with van der Waals surface area (Å²) in [5, 5.41) is 0. The monoisotopic (exact) mass is 550 g/mol. The van der Waals surface area contributed by atoms with Crippen LogP contribution in [0.1, 0.15) is 82.9 Å². The molecular weight excluding hydrogens is 495 g/mol. The van der Waals surface area contributed by atoms with E-state index in [-0.39, 0.29) is 11.9 Å². The molecule has 40 heavy (non-hydrogen) atoms. The third-order valence-electron chi connectivity index (χ3n) is 7.62. The molecular formula is C36H55FN2O. The van der Waals surface area contributed by atoms with Crippen molar-refractivity contribution in [1.82, 2.24) is 9.80 Å². The summed E-state index contributed by atoms with van der Waals surface area (Å²) in [5.41, 5.74) is 9.21. The van der Waals surface area contributed by atoms with Crippen molar-refractivity contribution in [2.45, 2.75) is 92.7 Å². The van der Waals surface area contributed by atoms with Crippen LogP contribution in [0.4, 0.5) is 4.39 Å². The Hall–Kier alpha value is -2.39. The molecule has 3 nitrogen and oxygen atoms in total. The first-order valence-corrected chi connectivity index (χ1v) is 15.4. The van der Waals surface area contributed by atoms with Gasteiger partial charge < -0.3 is 9.64 Å². The van der Waals surface area contributed by atoms with E-state index in [1.165, 1.54) is 67.4 Å². The number of halogens is 1. The van der Waals surface area contributed by atoms with Gasteiger partial charge in [-0.05, 0) is 61.4 Å². The van der Waals surface area contributed by atoms with Crippen LogP contribution in [-0.4, -0.2) is 48.7 Å². The maximum Gasteiger partial charge on any atom is 0.122 e. The van der Waals surface area contributed by atoms with E-state index in [1.807, 2.05) is 13.0 Å². The summed E-state index contributed by atoms with van der Waals surface area (Å²) in [6, 6.07) is 6.66. The fourth-order valence-electron chi connectivity index (χ4n) is 5.04. The SMILES string of the molecule is C=C=C(C1CN(C/C(C)=C/C=C(/F)C=C)CCO1)N(Cc1ccc(C)c(C)c1)CC(C)C.CCCCCC1CC1. The lowest BCUT2D eigenvalue weighted by atomic mass is 10.0. The van der Waals surface area contributed by atoms with Crippen LogP contribution < -0.4 is 0 Å². The Morgan fingerprint density at radius 3 is 2.55 bits per heavy atom. The van der Waals surface area contributed by atoms with E-state index in [9.17, 15) is 4.39 Å². The van der Waals surface area contributed by atoms with Gasteiger partial charge in [0.15, 0.2) is 0 Å². The average molecular weight is 551 g/mol. The molecule has 1 aromatic carbocycles. The standard InChI is InChI=1S/C28H39FN2O.C8H16/c1-8-26(29)13-10-22(5)18-30-14-15-32-28(20-30)27(9-2)31(17-21(3)4)19-25-12-11-23(6)24(7)16-25;1-2-3-4-5-8-6-7-8/h8,10-13,16,21,28H,1-2,14-15,17-20H2,3-7H3;8H,2-7H2,1H3/b22-10+,26-13+;. The third-order valence-corrected chi connectivity index (χ3v) is 7.62. The Labute approximate surface area is 245 Å². The largest absolute Gasteiger partial charge is 0.369 e. The molecule has 1 aromatic rings. The van der Waals surface area contributed by atoms with E-state index in [0.29, 0.717) is 12.5 Å². The zero-order valence-corrected chi connectivity index (χ0v) is 26.3. The molecule has 0 N–H and O–H groups in total. The van der Waals surface area contributed by atoms with Gasteiger partial charge in [-0.2, -0.15) is 0 Å². The number of ether oxygens (including phenoxy) is 1. The minimum atomic E-state index is -0.322. The minimum absolute atomic E-state index is 0.0835. The molecule has 1 saturated heterocycles. The van der Waals surface area contributed by atoms with Gasteiger partial charge in [0.25, 0.3) is 0 Å². The Balaban J connectivity index is 0.000000598. The zero-order chi connectivity index (χ0) is 29.5. The van der Waals surface area contributed by atoms with E-state index < -0.39 is 0 Å². The molecule has 1 aliphatic carbocycles. The average Bonchev–Trinajstić information content (AvgIpc) is 3.75. The summed E-state index contributed by atoms with van der Waals surface area (Å²) in [5.74, 6) is 1.33. The van der Waals surface area contributed by atoms with Gasteiger partial charge in [-0.1, -0.05) is 102 Å². The highest BCUT2D eigenvalue weighted by atomic mass is 19.1. The predicted octanol–water partition coefficient (Wildman–Crippen LogP) is 9.09. The summed E-state index contributed by atoms with van der Waals surface area (Å²) in [7, 11) is 0. The van der Waals surface area contributed by atoms with Gasteiger partial charge >= 0.3 is 0 Å². The number of nitrogens with zero attached hydrogens (tertiary/aromatic N) is 2. The predicted molar refractivity (Wildman–Crippen MR) is 170 cm³/mol. The van der Waals surface area contributed by atoms with Crippen LogP contribution in [0, 0.1) is 25.7 Å². The summed E-state index contributed by atoms with van der Waals surface area (Å²) >= 11 is 0. The van der Waals surface area contributed by atoms with Gasteiger partial charge in [-0.25, -0.2) is 4.39 Å². The van der Waals surface area contributed by atoms with Crippen LogP contribution in [0.2, 0.25) is 0 Å². The van der Waals surface area contributed by atoms with Gasteiger partial charge in [0.1, 0.15) is 11.9 Å². The molecule has 2 aliphatic rings. The number of hydrogen-bond acceptors (Lipinski definition) is 3. The summed E-state index contributed by atoms with van der Waals surface area (Å²) in [6.45, 7) is 25.3. The molecule has 1 unspecified atom stereocenters. The molecule has 0 amide bonds. The number of unbranched alkanes of at least 4 members (excludes halogenated alkanes) is 2. The van der Waals surface area contributed by atoms with E-state index in [2.05, 4.69) is 81.5 Å². The second kappa shape index (κ2) is 18.1. The Morgan fingerprint density at radius 1 is 1.20 bits per heavy atom. The van der Waals surface area contributed by atoms with Crippen molar-refractivity contribution in [3.63, 3.8) is 0 Å². The molecule has 1 saturated carbocycles. The second-order valence-electron chi connectivity index (χ2n) is 12.1. The van der Waals surface area contributed by atoms with Crippen LogP contribution in [-0.2, 0) is 11.3 Å². The molecule has 0 aromatic heterocycles. The summed E-state index contributed by atoms with van der Waals surface area (Å²) < 4.78 is 19.5. The van der Waals surface area contributed by atoms with Crippen molar-refractivity contribution in [3.8, 4) is 0 Å². The first kappa shape index (κ1) is 33.8. The van der Waals surface area contributed by atoms with E-state index in [4.69, 9.17) is 4.74 Å². The molecule has 3 rings (SSSR count). The van der Waals surface area contributed by atoms with Crippen LogP contribution in [0.15, 0.2) is 72.4 Å². The number of morpholine rings is 1. The number of hydrogen-bond donors (Lipinski definition) is 0. The molecule has 222 valence electrons. The number of allylic oxidation sites excluding steroid dienone is 4. The second-order valence-corrected chi connectivity index (χ2v) is 12.1. The van der Waals surface area contributed by atoms with Crippen LogP contribution in [0.25, 0.3) is 0 Å². The topological polar surface area (TPSA) is 15.7 Å². The number of aryl methyl sites for hydroxylation is 2. The van der Waals surface area contributed by atoms with Crippen molar-refractivity contribution >= 4 is 0 Å². The summed E-state index contributed by atoms with van der Waals surface area (Å²) in [4.78, 5) is 4.71. The summed E-state index contributed by atoms with van der Waals surface area (Å²) in [6.07, 6.45) is 13.3. The quantitative estimate of drug-likeness (QED) is 0.130. The maximum absolute atomic E-state index is 13.3. The van der Waals surface area contributed by atoms with Crippen molar-refractivity contribution < 1.29 is 9.13 Å². The van der Waals surface area contributed by atoms with E-state index >= 15 is 0 Å². The van der Waals surface area contributed by atoms with Crippen molar-refractivity contribution in [1.29, 1.82) is 0 Å². The third kappa shape index (κ3) is 12.9. The molecule has 1 aliphatic heterocycles. The van der Waals surface area contributed by atoms with Gasteiger partial charge in [-0.3, -0.25) is 4.90 Å². The first-order valence-electron chi connectivity index (χ1n) is 15.4. The molecule has 2 fully saturated rings. The molecule has 4 heteroatoms. The lowest BCUT2D eigenvalue weighted by molar-refractivity contribution is -0.0201. The molecule has 0 radical (unpaired) electrons. The number of rotatable bonds is 14. The zero-order valence-electron chi connectivity index (χ0n) is 26.3. The van der Waals surface area contributed by atoms with Gasteiger partial charge in [0.2, 0.25) is 0 Å². The molecule has 1 atom stereocenters. The fourth-order valence-corrected chi connectivity index (χ4v) is 5.04. The first-order chi connectivity index (χ1) is 19.2.